The van der Waals surface area contributed by atoms with Crippen LogP contribution >= 0.6 is 0 Å². The summed E-state index contributed by atoms with van der Waals surface area (Å²) in [4.78, 5) is 11.5. The first kappa shape index (κ1) is 12.2. The van der Waals surface area contributed by atoms with Crippen molar-refractivity contribution in [3.63, 3.8) is 0 Å². The van der Waals surface area contributed by atoms with Gasteiger partial charge in [-0.3, -0.25) is 4.79 Å². The second kappa shape index (κ2) is 5.89. The second-order valence-electron chi connectivity index (χ2n) is 4.32. The maximum absolute atomic E-state index is 11.5. The van der Waals surface area contributed by atoms with Gasteiger partial charge in [0.2, 0.25) is 0 Å². The fourth-order valence-electron chi connectivity index (χ4n) is 2.50. The van der Waals surface area contributed by atoms with Crippen LogP contribution in [0.1, 0.15) is 46.5 Å². The van der Waals surface area contributed by atoms with E-state index in [1.807, 2.05) is 6.08 Å². The third-order valence-electron chi connectivity index (χ3n) is 3.41. The highest BCUT2D eigenvalue weighted by molar-refractivity contribution is 5.91. The van der Waals surface area contributed by atoms with Crippen LogP contribution in [0, 0.1) is 11.8 Å². The third-order valence-corrected chi connectivity index (χ3v) is 3.41. The van der Waals surface area contributed by atoms with Gasteiger partial charge in [0, 0.05) is 6.42 Å². The van der Waals surface area contributed by atoms with E-state index in [2.05, 4.69) is 32.9 Å². The Balaban J connectivity index is 2.83. The molecule has 1 aliphatic rings. The van der Waals surface area contributed by atoms with Gasteiger partial charge >= 0.3 is 0 Å². The monoisotopic (exact) mass is 206 g/mol. The number of hydrogen-bond donors (Lipinski definition) is 0. The average Bonchev–Trinajstić information content (AvgIpc) is 2.26. The van der Waals surface area contributed by atoms with Crippen molar-refractivity contribution in [1.29, 1.82) is 0 Å². The van der Waals surface area contributed by atoms with Crippen LogP contribution in [0.3, 0.4) is 0 Å². The molecule has 0 saturated heterocycles. The number of carbonyl (C=O) groups is 1. The van der Waals surface area contributed by atoms with E-state index < -0.39 is 0 Å². The van der Waals surface area contributed by atoms with E-state index >= 15 is 0 Å². The number of carbonyl (C=O) groups excluding carboxylic acids is 1. The van der Waals surface area contributed by atoms with E-state index in [4.69, 9.17) is 0 Å². The molecular formula is C14H22O. The van der Waals surface area contributed by atoms with Crippen molar-refractivity contribution in [2.75, 3.05) is 0 Å². The third kappa shape index (κ3) is 3.05. The van der Waals surface area contributed by atoms with Gasteiger partial charge in [0.15, 0.2) is 5.78 Å². The molecule has 0 N–H and O–H groups in total. The van der Waals surface area contributed by atoms with E-state index in [1.54, 1.807) is 0 Å². The highest BCUT2D eigenvalue weighted by atomic mass is 16.1. The Morgan fingerprint density at radius 2 is 2.20 bits per heavy atom. The quantitative estimate of drug-likeness (QED) is 0.637. The molecule has 0 aliphatic heterocycles. The zero-order valence-electron chi connectivity index (χ0n) is 10.1. The van der Waals surface area contributed by atoms with Crippen LogP contribution in [0.4, 0.5) is 0 Å². The SMILES string of the molecule is C/C=C/CC1C(CC)=CC(=O)CC1CC. The predicted octanol–water partition coefficient (Wildman–Crippen LogP) is 3.90. The summed E-state index contributed by atoms with van der Waals surface area (Å²) in [7, 11) is 0. The van der Waals surface area contributed by atoms with Crippen molar-refractivity contribution in [3.8, 4) is 0 Å². The fourth-order valence-corrected chi connectivity index (χ4v) is 2.50. The summed E-state index contributed by atoms with van der Waals surface area (Å²) in [5.74, 6) is 1.50. The fraction of sp³-hybridized carbons (Fsp3) is 0.643. The topological polar surface area (TPSA) is 17.1 Å². The van der Waals surface area contributed by atoms with Crippen molar-refractivity contribution in [1.82, 2.24) is 0 Å². The highest BCUT2D eigenvalue weighted by Gasteiger charge is 2.28. The summed E-state index contributed by atoms with van der Waals surface area (Å²) in [6, 6.07) is 0. The maximum atomic E-state index is 11.5. The first-order valence-electron chi connectivity index (χ1n) is 6.07. The summed E-state index contributed by atoms with van der Waals surface area (Å²) in [5.41, 5.74) is 1.36. The van der Waals surface area contributed by atoms with Crippen molar-refractivity contribution < 1.29 is 4.79 Å². The predicted molar refractivity (Wildman–Crippen MR) is 64.7 cm³/mol. The Morgan fingerprint density at radius 3 is 2.73 bits per heavy atom. The summed E-state index contributed by atoms with van der Waals surface area (Å²) < 4.78 is 0. The molecule has 1 aliphatic carbocycles. The minimum absolute atomic E-state index is 0.329. The molecule has 2 unspecified atom stereocenters. The Hall–Kier alpha value is -0.850. The Kier molecular flexibility index (Phi) is 4.80. The van der Waals surface area contributed by atoms with E-state index in [0.717, 1.165) is 25.7 Å². The van der Waals surface area contributed by atoms with Crippen LogP contribution in [-0.4, -0.2) is 5.78 Å². The zero-order chi connectivity index (χ0) is 11.3. The molecule has 1 rings (SSSR count). The normalized spacial score (nSPS) is 27.1. The van der Waals surface area contributed by atoms with Crippen molar-refractivity contribution in [3.05, 3.63) is 23.8 Å². The van der Waals surface area contributed by atoms with Gasteiger partial charge in [0.25, 0.3) is 0 Å². The largest absolute Gasteiger partial charge is 0.295 e. The van der Waals surface area contributed by atoms with Gasteiger partial charge in [-0.05, 0) is 37.7 Å². The van der Waals surface area contributed by atoms with Gasteiger partial charge in [-0.25, -0.2) is 0 Å². The summed E-state index contributed by atoms with van der Waals surface area (Å²) >= 11 is 0. The number of hydrogen-bond acceptors (Lipinski definition) is 1. The minimum Gasteiger partial charge on any atom is -0.295 e. The van der Waals surface area contributed by atoms with E-state index in [0.29, 0.717) is 17.6 Å². The lowest BCUT2D eigenvalue weighted by molar-refractivity contribution is -0.116. The maximum Gasteiger partial charge on any atom is 0.155 e. The first-order valence-corrected chi connectivity index (χ1v) is 6.07. The van der Waals surface area contributed by atoms with Crippen molar-refractivity contribution >= 4 is 5.78 Å². The Bertz CT molecular complexity index is 273. The standard InChI is InChI=1S/C14H22O/c1-4-7-8-14-11(5-2)9-13(15)10-12(14)6-3/h4,7,9,12,14H,5-6,8,10H2,1-3H3/b7-4+. The lowest BCUT2D eigenvalue weighted by Gasteiger charge is -2.30. The molecule has 0 saturated carbocycles. The highest BCUT2D eigenvalue weighted by Crippen LogP contribution is 2.35. The summed E-state index contributed by atoms with van der Waals surface area (Å²) in [6.07, 6.45) is 10.2. The van der Waals surface area contributed by atoms with Crippen LogP contribution in [0.15, 0.2) is 23.8 Å². The van der Waals surface area contributed by atoms with E-state index in [1.165, 1.54) is 5.57 Å². The van der Waals surface area contributed by atoms with Gasteiger partial charge in [-0.15, -0.1) is 0 Å². The molecule has 1 heteroatoms. The molecule has 84 valence electrons. The average molecular weight is 206 g/mol. The van der Waals surface area contributed by atoms with Crippen molar-refractivity contribution in [2.24, 2.45) is 11.8 Å². The van der Waals surface area contributed by atoms with Gasteiger partial charge in [-0.2, -0.15) is 0 Å². The Morgan fingerprint density at radius 1 is 1.47 bits per heavy atom. The molecule has 0 spiro atoms. The lowest BCUT2D eigenvalue weighted by atomic mass is 9.74. The first-order chi connectivity index (χ1) is 7.22. The van der Waals surface area contributed by atoms with Gasteiger partial charge in [-0.1, -0.05) is 38.0 Å². The Labute approximate surface area is 93.3 Å². The molecule has 0 fully saturated rings. The molecule has 1 nitrogen and oxygen atoms in total. The summed E-state index contributed by atoms with van der Waals surface area (Å²) in [5, 5.41) is 0. The van der Waals surface area contributed by atoms with E-state index in [9.17, 15) is 4.79 Å². The zero-order valence-corrected chi connectivity index (χ0v) is 10.1. The molecular weight excluding hydrogens is 184 g/mol. The van der Waals surface area contributed by atoms with Crippen LogP contribution in [0.25, 0.3) is 0 Å². The molecule has 0 aromatic carbocycles. The van der Waals surface area contributed by atoms with E-state index in [-0.39, 0.29) is 0 Å². The molecule has 2 atom stereocenters. The van der Waals surface area contributed by atoms with Crippen LogP contribution in [0.5, 0.6) is 0 Å². The number of ketones is 1. The van der Waals surface area contributed by atoms with Crippen LogP contribution in [0.2, 0.25) is 0 Å². The number of allylic oxidation sites excluding steroid dienone is 4. The summed E-state index contributed by atoms with van der Waals surface area (Å²) in [6.45, 7) is 6.41. The minimum atomic E-state index is 0.329. The van der Waals surface area contributed by atoms with Gasteiger partial charge in [0.05, 0.1) is 0 Å². The van der Waals surface area contributed by atoms with Crippen molar-refractivity contribution in [2.45, 2.75) is 46.5 Å². The van der Waals surface area contributed by atoms with Crippen LogP contribution in [-0.2, 0) is 4.79 Å². The van der Waals surface area contributed by atoms with Gasteiger partial charge in [0.1, 0.15) is 0 Å². The molecule has 0 amide bonds. The second-order valence-corrected chi connectivity index (χ2v) is 4.32. The lowest BCUT2D eigenvalue weighted by Crippen LogP contribution is -2.24. The smallest absolute Gasteiger partial charge is 0.155 e. The molecule has 0 aromatic rings. The molecule has 0 radical (unpaired) electrons. The number of rotatable bonds is 4. The van der Waals surface area contributed by atoms with Gasteiger partial charge < -0.3 is 0 Å². The molecule has 0 heterocycles. The molecule has 0 aromatic heterocycles. The molecule has 0 bridgehead atoms. The van der Waals surface area contributed by atoms with Crippen LogP contribution < -0.4 is 0 Å². The molecule has 15 heavy (non-hydrogen) atoms.